The number of H-pyrrole nitrogens is 1. The quantitative estimate of drug-likeness (QED) is 0.328. The van der Waals surface area contributed by atoms with E-state index in [1.165, 1.54) is 29.1 Å². The van der Waals surface area contributed by atoms with E-state index in [-0.39, 0.29) is 27.5 Å². The van der Waals surface area contributed by atoms with Gasteiger partial charge in [-0.2, -0.15) is 0 Å². The number of aliphatic imine (C=N–C) groups is 1. The van der Waals surface area contributed by atoms with Crippen molar-refractivity contribution in [3.05, 3.63) is 106 Å². The van der Waals surface area contributed by atoms with Crippen LogP contribution in [0.3, 0.4) is 0 Å². The third-order valence-corrected chi connectivity index (χ3v) is 7.10. The van der Waals surface area contributed by atoms with Crippen LogP contribution in [-0.2, 0) is 9.84 Å². The average molecular weight is 498 g/mol. The van der Waals surface area contributed by atoms with Crippen LogP contribution in [0.2, 0.25) is 0 Å². The van der Waals surface area contributed by atoms with Crippen molar-refractivity contribution in [1.29, 1.82) is 0 Å². The van der Waals surface area contributed by atoms with Crippen molar-refractivity contribution in [1.82, 2.24) is 9.78 Å². The number of aromatic nitrogens is 2. The molecule has 0 unspecified atom stereocenters. The Bertz CT molecular complexity index is 1790. The maximum absolute atomic E-state index is 13.6. The van der Waals surface area contributed by atoms with E-state index >= 15 is 0 Å². The highest BCUT2D eigenvalue weighted by Crippen LogP contribution is 2.31. The summed E-state index contributed by atoms with van der Waals surface area (Å²) < 4.78 is 25.4. The Morgan fingerprint density at radius 2 is 1.67 bits per heavy atom. The molecule has 0 atom stereocenters. The number of aryl methyl sites for hydroxylation is 1. The summed E-state index contributed by atoms with van der Waals surface area (Å²) in [6.45, 7) is 1.97. The number of nitrogens with one attached hydrogen (secondary N) is 1. The summed E-state index contributed by atoms with van der Waals surface area (Å²) in [5, 5.41) is 15.5. The lowest BCUT2D eigenvalue weighted by molar-refractivity contribution is 0.476. The highest BCUT2D eigenvalue weighted by molar-refractivity contribution is 7.90. The molecule has 8 heteroatoms. The van der Waals surface area contributed by atoms with Gasteiger partial charge in [-0.15, -0.1) is 0 Å². The lowest BCUT2D eigenvalue weighted by atomic mass is 10.0. The third-order valence-electron chi connectivity index (χ3n) is 5.99. The molecule has 0 aliphatic rings. The molecule has 180 valence electrons. The second-order valence-corrected chi connectivity index (χ2v) is 10.6. The van der Waals surface area contributed by atoms with Gasteiger partial charge < -0.3 is 5.11 Å². The smallest absolute Gasteiger partial charge is 0.280 e. The Hall–Kier alpha value is -4.43. The van der Waals surface area contributed by atoms with E-state index in [0.717, 1.165) is 28.2 Å². The molecule has 1 heterocycles. The molecule has 36 heavy (non-hydrogen) atoms. The van der Waals surface area contributed by atoms with Gasteiger partial charge in [0, 0.05) is 18.0 Å². The zero-order chi connectivity index (χ0) is 25.4. The Kier molecular flexibility index (Phi) is 5.81. The normalized spacial score (nSPS) is 11.9. The van der Waals surface area contributed by atoms with Crippen LogP contribution in [-0.4, -0.2) is 35.8 Å². The Balaban J connectivity index is 1.73. The van der Waals surface area contributed by atoms with Gasteiger partial charge in [0.25, 0.3) is 5.56 Å². The van der Waals surface area contributed by atoms with Crippen molar-refractivity contribution in [3.8, 4) is 22.7 Å². The molecule has 0 fully saturated rings. The van der Waals surface area contributed by atoms with Crippen LogP contribution in [0.25, 0.3) is 27.7 Å². The molecule has 2 N–H and O–H groups in total. The van der Waals surface area contributed by atoms with Crippen LogP contribution in [0.1, 0.15) is 11.1 Å². The fraction of sp³-hybridized carbons (Fsp3) is 0.0714. The molecular formula is C28H23N3O4S. The minimum atomic E-state index is -3.50. The SMILES string of the molecule is Cc1ccc(-n2[nH]c(-c3cccc4ccccc34)c(C=Nc3cc(S(C)(=O)=O)ccc3O)c2=O)cc1. The van der Waals surface area contributed by atoms with Crippen LogP contribution < -0.4 is 5.56 Å². The number of sulfone groups is 1. The number of aromatic hydroxyl groups is 1. The summed E-state index contributed by atoms with van der Waals surface area (Å²) in [7, 11) is -3.50. The highest BCUT2D eigenvalue weighted by atomic mass is 32.2. The van der Waals surface area contributed by atoms with Gasteiger partial charge in [-0.3, -0.25) is 14.9 Å². The minimum Gasteiger partial charge on any atom is -0.506 e. The first-order chi connectivity index (χ1) is 17.2. The molecule has 0 aliphatic heterocycles. The van der Waals surface area contributed by atoms with Crippen molar-refractivity contribution >= 4 is 32.5 Å². The summed E-state index contributed by atoms with van der Waals surface area (Å²) >= 11 is 0. The van der Waals surface area contributed by atoms with Gasteiger partial charge in [0.2, 0.25) is 0 Å². The number of hydrogen-bond donors (Lipinski definition) is 2. The van der Waals surface area contributed by atoms with Crippen molar-refractivity contribution in [2.75, 3.05) is 6.26 Å². The number of hydrogen-bond acceptors (Lipinski definition) is 5. The molecule has 0 amide bonds. The summed E-state index contributed by atoms with van der Waals surface area (Å²) in [5.74, 6) is -0.195. The van der Waals surface area contributed by atoms with E-state index in [1.54, 1.807) is 0 Å². The summed E-state index contributed by atoms with van der Waals surface area (Å²) in [6.07, 6.45) is 2.44. The monoisotopic (exact) mass is 497 g/mol. The van der Waals surface area contributed by atoms with Crippen LogP contribution in [0, 0.1) is 6.92 Å². The van der Waals surface area contributed by atoms with E-state index in [9.17, 15) is 18.3 Å². The molecule has 5 aromatic rings. The summed E-state index contributed by atoms with van der Waals surface area (Å²) in [4.78, 5) is 17.9. The lowest BCUT2D eigenvalue weighted by Crippen LogP contribution is -2.17. The van der Waals surface area contributed by atoms with Gasteiger partial charge in [0.1, 0.15) is 11.4 Å². The maximum Gasteiger partial charge on any atom is 0.280 e. The van der Waals surface area contributed by atoms with Crippen LogP contribution in [0.4, 0.5) is 5.69 Å². The zero-order valence-corrected chi connectivity index (χ0v) is 20.5. The number of phenols is 1. The standard InChI is InChI=1S/C28H23N3O4S/c1-18-10-12-20(13-11-18)31-28(33)24(17-29-25-16-21(36(2,34)35)14-15-26(25)32)27(30-31)23-9-5-7-19-6-3-4-8-22(19)23/h3-17,30,32H,1-2H3. The highest BCUT2D eigenvalue weighted by Gasteiger charge is 2.18. The third kappa shape index (κ3) is 4.34. The number of phenolic OH excluding ortho intramolecular Hbond substituents is 1. The van der Waals surface area contributed by atoms with Crippen LogP contribution >= 0.6 is 0 Å². The summed E-state index contributed by atoms with van der Waals surface area (Å²) in [6, 6.07) is 25.1. The second-order valence-electron chi connectivity index (χ2n) is 8.58. The molecule has 4 aromatic carbocycles. The van der Waals surface area contributed by atoms with Crippen LogP contribution in [0.5, 0.6) is 5.75 Å². The molecule has 0 saturated carbocycles. The van der Waals surface area contributed by atoms with E-state index in [4.69, 9.17) is 0 Å². The predicted octanol–water partition coefficient (Wildman–Crippen LogP) is 5.15. The van der Waals surface area contributed by atoms with Crippen molar-refractivity contribution in [3.63, 3.8) is 0 Å². The Labute approximate surface area is 207 Å². The largest absolute Gasteiger partial charge is 0.506 e. The van der Waals surface area contributed by atoms with Crippen molar-refractivity contribution < 1.29 is 13.5 Å². The van der Waals surface area contributed by atoms with Crippen LogP contribution in [0.15, 0.2) is 99.6 Å². The lowest BCUT2D eigenvalue weighted by Gasteiger charge is -2.06. The fourth-order valence-electron chi connectivity index (χ4n) is 4.07. The van der Waals surface area contributed by atoms with Crippen molar-refractivity contribution in [2.24, 2.45) is 4.99 Å². The molecular weight excluding hydrogens is 474 g/mol. The van der Waals surface area contributed by atoms with Gasteiger partial charge in [-0.05, 0) is 48.0 Å². The first-order valence-electron chi connectivity index (χ1n) is 11.2. The topological polar surface area (TPSA) is 105 Å². The predicted molar refractivity (Wildman–Crippen MR) is 143 cm³/mol. The molecule has 1 aromatic heterocycles. The van der Waals surface area contributed by atoms with Gasteiger partial charge in [0.05, 0.1) is 21.8 Å². The van der Waals surface area contributed by atoms with Gasteiger partial charge in [-0.1, -0.05) is 60.2 Å². The zero-order valence-electron chi connectivity index (χ0n) is 19.6. The van der Waals surface area contributed by atoms with Gasteiger partial charge >= 0.3 is 0 Å². The number of rotatable bonds is 5. The number of nitrogens with zero attached hydrogens (tertiary/aromatic N) is 2. The average Bonchev–Trinajstić information content (AvgIpc) is 3.18. The van der Waals surface area contributed by atoms with Gasteiger partial charge in [-0.25, -0.2) is 13.1 Å². The Morgan fingerprint density at radius 1 is 0.944 bits per heavy atom. The summed E-state index contributed by atoms with van der Waals surface area (Å²) in [5.41, 5.74) is 3.08. The molecule has 0 saturated heterocycles. The minimum absolute atomic E-state index is 0.0212. The van der Waals surface area contributed by atoms with E-state index in [2.05, 4.69) is 10.1 Å². The van der Waals surface area contributed by atoms with E-state index < -0.39 is 9.84 Å². The number of aromatic amines is 1. The molecule has 5 rings (SSSR count). The second kappa shape index (κ2) is 8.98. The Morgan fingerprint density at radius 3 is 2.42 bits per heavy atom. The fourth-order valence-corrected chi connectivity index (χ4v) is 4.71. The van der Waals surface area contributed by atoms with Gasteiger partial charge in [0.15, 0.2) is 9.84 Å². The maximum atomic E-state index is 13.6. The molecule has 0 spiro atoms. The molecule has 0 bridgehead atoms. The molecule has 0 radical (unpaired) electrons. The first-order valence-corrected chi connectivity index (χ1v) is 13.1. The molecule has 0 aliphatic carbocycles. The molecule has 7 nitrogen and oxygen atoms in total. The number of benzene rings is 4. The van der Waals surface area contributed by atoms with E-state index in [0.29, 0.717) is 11.4 Å². The number of fused-ring (bicyclic) bond motifs is 1. The van der Waals surface area contributed by atoms with E-state index in [1.807, 2.05) is 73.7 Å². The van der Waals surface area contributed by atoms with Crippen molar-refractivity contribution in [2.45, 2.75) is 11.8 Å². The first kappa shape index (κ1) is 23.3.